The molecule has 0 spiro atoms. The van der Waals surface area contributed by atoms with E-state index < -0.39 is 23.9 Å². The van der Waals surface area contributed by atoms with Crippen LogP contribution in [0.3, 0.4) is 0 Å². The molecule has 0 aliphatic carbocycles. The molecule has 1 aromatic carbocycles. The summed E-state index contributed by atoms with van der Waals surface area (Å²) in [6, 6.07) is 4.16. The van der Waals surface area contributed by atoms with E-state index in [4.69, 9.17) is 0 Å². The normalized spacial score (nSPS) is 14.7. The zero-order chi connectivity index (χ0) is 15.3. The number of benzene rings is 1. The van der Waals surface area contributed by atoms with E-state index >= 15 is 0 Å². The van der Waals surface area contributed by atoms with Gasteiger partial charge >= 0.3 is 6.18 Å². The van der Waals surface area contributed by atoms with Crippen molar-refractivity contribution in [1.82, 2.24) is 5.32 Å². The Hall–Kier alpha value is -1.60. The summed E-state index contributed by atoms with van der Waals surface area (Å²) >= 11 is 0. The van der Waals surface area contributed by atoms with Crippen LogP contribution in [0.5, 0.6) is 0 Å². The second-order valence-electron chi connectivity index (χ2n) is 4.41. The molecule has 0 fully saturated rings. The van der Waals surface area contributed by atoms with E-state index in [-0.39, 0.29) is 24.4 Å². The number of hydrogen-bond donors (Lipinski definition) is 3. The number of carbonyl (C=O) groups excluding carboxylic acids is 1. The van der Waals surface area contributed by atoms with Crippen LogP contribution in [0.2, 0.25) is 0 Å². The minimum atomic E-state index is -4.50. The van der Waals surface area contributed by atoms with Gasteiger partial charge in [0.15, 0.2) is 0 Å². The van der Waals surface area contributed by atoms with Crippen molar-refractivity contribution in [3.63, 3.8) is 0 Å². The van der Waals surface area contributed by atoms with Crippen LogP contribution in [0.1, 0.15) is 30.6 Å². The molecular weight excluding hydrogens is 275 g/mol. The van der Waals surface area contributed by atoms with Crippen LogP contribution in [0.4, 0.5) is 13.2 Å². The molecule has 0 aromatic heterocycles. The fraction of sp³-hybridized carbons (Fsp3) is 0.462. The molecule has 0 aliphatic rings. The molecule has 2 unspecified atom stereocenters. The highest BCUT2D eigenvalue weighted by molar-refractivity contribution is 5.72. The van der Waals surface area contributed by atoms with Crippen LogP contribution in [-0.4, -0.2) is 28.8 Å². The summed E-state index contributed by atoms with van der Waals surface area (Å²) in [4.78, 5) is 10.6. The number of nitrogens with one attached hydrogen (secondary N) is 1. The van der Waals surface area contributed by atoms with Gasteiger partial charge < -0.3 is 15.5 Å². The maximum absolute atomic E-state index is 12.5. The molecule has 3 N–H and O–H groups in total. The summed E-state index contributed by atoms with van der Waals surface area (Å²) in [5.74, 6) is -0.286. The number of alkyl halides is 3. The summed E-state index contributed by atoms with van der Waals surface area (Å²) in [6.07, 6.45) is -7.16. The molecule has 4 nitrogen and oxygen atoms in total. The van der Waals surface area contributed by atoms with E-state index in [1.54, 1.807) is 0 Å². The van der Waals surface area contributed by atoms with Crippen molar-refractivity contribution in [2.24, 2.45) is 0 Å². The van der Waals surface area contributed by atoms with Crippen molar-refractivity contribution in [1.29, 1.82) is 0 Å². The highest BCUT2D eigenvalue weighted by atomic mass is 19.4. The third-order valence-corrected chi connectivity index (χ3v) is 2.73. The smallest absolute Gasteiger partial charge is 0.390 e. The first kappa shape index (κ1) is 16.5. The van der Waals surface area contributed by atoms with E-state index in [0.29, 0.717) is 0 Å². The van der Waals surface area contributed by atoms with Crippen molar-refractivity contribution >= 4 is 5.91 Å². The average molecular weight is 291 g/mol. The number of aliphatic hydroxyl groups is 2. The number of hydrogen-bond acceptors (Lipinski definition) is 3. The summed E-state index contributed by atoms with van der Waals surface area (Å²) in [7, 11) is 0. The SMILES string of the molecule is CC(=O)NCCC(O)C(O)c1cccc(C(F)(F)F)c1. The zero-order valence-corrected chi connectivity index (χ0v) is 10.8. The van der Waals surface area contributed by atoms with Crippen molar-refractivity contribution in [3.05, 3.63) is 35.4 Å². The molecule has 1 amide bonds. The molecule has 0 saturated heterocycles. The minimum Gasteiger partial charge on any atom is -0.390 e. The lowest BCUT2D eigenvalue weighted by atomic mass is 10.00. The molecule has 0 heterocycles. The Bertz CT molecular complexity index is 462. The van der Waals surface area contributed by atoms with Crippen LogP contribution in [0, 0.1) is 0 Å². The van der Waals surface area contributed by atoms with Gasteiger partial charge in [0.25, 0.3) is 0 Å². The summed E-state index contributed by atoms with van der Waals surface area (Å²) < 4.78 is 37.6. The number of halogens is 3. The Morgan fingerprint density at radius 2 is 2.00 bits per heavy atom. The lowest BCUT2D eigenvalue weighted by Crippen LogP contribution is -2.27. The van der Waals surface area contributed by atoms with Gasteiger partial charge in [-0.25, -0.2) is 0 Å². The van der Waals surface area contributed by atoms with Crippen LogP contribution < -0.4 is 5.32 Å². The lowest BCUT2D eigenvalue weighted by Gasteiger charge is -2.19. The number of amides is 1. The number of carbonyl (C=O) groups is 1. The van der Waals surface area contributed by atoms with E-state index in [9.17, 15) is 28.2 Å². The maximum atomic E-state index is 12.5. The molecule has 7 heteroatoms. The van der Waals surface area contributed by atoms with Crippen LogP contribution in [0.25, 0.3) is 0 Å². The van der Waals surface area contributed by atoms with Crippen molar-refractivity contribution in [2.75, 3.05) is 6.54 Å². The van der Waals surface area contributed by atoms with E-state index in [2.05, 4.69) is 5.32 Å². The van der Waals surface area contributed by atoms with Crippen LogP contribution in [-0.2, 0) is 11.0 Å². The molecule has 0 aliphatic heterocycles. The third kappa shape index (κ3) is 4.82. The molecule has 112 valence electrons. The van der Waals surface area contributed by atoms with Crippen LogP contribution in [0.15, 0.2) is 24.3 Å². The van der Waals surface area contributed by atoms with E-state index in [0.717, 1.165) is 12.1 Å². The quantitative estimate of drug-likeness (QED) is 0.772. The predicted octanol–water partition coefficient (Wildman–Crippen LogP) is 1.63. The average Bonchev–Trinajstić information content (AvgIpc) is 2.36. The van der Waals surface area contributed by atoms with Gasteiger partial charge in [0.2, 0.25) is 5.91 Å². The molecule has 1 aromatic rings. The van der Waals surface area contributed by atoms with Crippen molar-refractivity contribution in [2.45, 2.75) is 31.7 Å². The first-order valence-corrected chi connectivity index (χ1v) is 5.99. The molecule has 0 radical (unpaired) electrons. The minimum absolute atomic E-state index is 0.0184. The summed E-state index contributed by atoms with van der Waals surface area (Å²) in [5, 5.41) is 21.9. The van der Waals surface area contributed by atoms with Gasteiger partial charge in [0, 0.05) is 13.5 Å². The van der Waals surface area contributed by atoms with Gasteiger partial charge in [-0.2, -0.15) is 13.2 Å². The van der Waals surface area contributed by atoms with Gasteiger partial charge in [0.05, 0.1) is 11.7 Å². The highest BCUT2D eigenvalue weighted by Crippen LogP contribution is 2.31. The Balaban J connectivity index is 2.71. The second-order valence-corrected chi connectivity index (χ2v) is 4.41. The van der Waals surface area contributed by atoms with Gasteiger partial charge in [0.1, 0.15) is 6.10 Å². The second kappa shape index (κ2) is 6.71. The van der Waals surface area contributed by atoms with E-state index in [1.165, 1.54) is 19.1 Å². The van der Waals surface area contributed by atoms with Gasteiger partial charge in [-0.05, 0) is 24.1 Å². The first-order valence-electron chi connectivity index (χ1n) is 5.99. The number of rotatable bonds is 5. The van der Waals surface area contributed by atoms with Crippen LogP contribution >= 0.6 is 0 Å². The largest absolute Gasteiger partial charge is 0.416 e. The fourth-order valence-electron chi connectivity index (χ4n) is 1.68. The molecule has 0 bridgehead atoms. The predicted molar refractivity (Wildman–Crippen MR) is 65.7 cm³/mol. The Morgan fingerprint density at radius 3 is 2.55 bits per heavy atom. The fourth-order valence-corrected chi connectivity index (χ4v) is 1.68. The zero-order valence-electron chi connectivity index (χ0n) is 10.8. The van der Waals surface area contributed by atoms with Gasteiger partial charge in [-0.3, -0.25) is 4.79 Å². The monoisotopic (exact) mass is 291 g/mol. The summed E-state index contributed by atoms with van der Waals surface area (Å²) in [5.41, 5.74) is -0.904. The Morgan fingerprint density at radius 1 is 1.35 bits per heavy atom. The van der Waals surface area contributed by atoms with Gasteiger partial charge in [-0.15, -0.1) is 0 Å². The van der Waals surface area contributed by atoms with Crippen molar-refractivity contribution < 1.29 is 28.2 Å². The Labute approximate surface area is 114 Å². The molecule has 0 saturated carbocycles. The molecule has 2 atom stereocenters. The standard InChI is InChI=1S/C13H16F3NO3/c1-8(18)17-6-5-11(19)12(20)9-3-2-4-10(7-9)13(14,15)16/h2-4,7,11-12,19-20H,5-6H2,1H3,(H,17,18). The highest BCUT2D eigenvalue weighted by Gasteiger charge is 2.31. The molecule has 20 heavy (non-hydrogen) atoms. The molecular formula is C13H16F3NO3. The third-order valence-electron chi connectivity index (χ3n) is 2.73. The first-order chi connectivity index (χ1) is 9.21. The van der Waals surface area contributed by atoms with Crippen molar-refractivity contribution in [3.8, 4) is 0 Å². The molecule has 1 rings (SSSR count). The lowest BCUT2D eigenvalue weighted by molar-refractivity contribution is -0.137. The Kier molecular flexibility index (Phi) is 5.52. The topological polar surface area (TPSA) is 69.6 Å². The van der Waals surface area contributed by atoms with Gasteiger partial charge in [-0.1, -0.05) is 12.1 Å². The number of aliphatic hydroxyl groups excluding tert-OH is 2. The summed E-state index contributed by atoms with van der Waals surface area (Å²) in [6.45, 7) is 1.43. The van der Waals surface area contributed by atoms with E-state index in [1.807, 2.05) is 0 Å². The maximum Gasteiger partial charge on any atom is 0.416 e.